The van der Waals surface area contributed by atoms with Crippen LogP contribution in [0.5, 0.6) is 0 Å². The van der Waals surface area contributed by atoms with E-state index >= 15 is 0 Å². The van der Waals surface area contributed by atoms with Gasteiger partial charge in [-0.2, -0.15) is 4.98 Å². The summed E-state index contributed by atoms with van der Waals surface area (Å²) in [5, 5.41) is 5.31. The Morgan fingerprint density at radius 1 is 1.38 bits per heavy atom. The van der Waals surface area contributed by atoms with E-state index in [0.717, 1.165) is 12.1 Å². The summed E-state index contributed by atoms with van der Waals surface area (Å²) >= 11 is 0. The zero-order chi connectivity index (χ0) is 15.2. The van der Waals surface area contributed by atoms with Crippen molar-refractivity contribution in [3.05, 3.63) is 11.5 Å². The second kappa shape index (κ2) is 7.45. The predicted molar refractivity (Wildman–Crippen MR) is 80.4 cm³/mol. The van der Waals surface area contributed by atoms with Gasteiger partial charge in [0.1, 0.15) is 5.76 Å². The molecule has 6 nitrogen and oxygen atoms in total. The third-order valence-corrected chi connectivity index (χ3v) is 4.00. The SMILES string of the molecule is Cc1nc(NC(=O)NCCO[C@@H]2CCCC[C@H]2C)oc1C. The van der Waals surface area contributed by atoms with Crippen LogP contribution in [0.15, 0.2) is 4.42 Å². The van der Waals surface area contributed by atoms with Crippen LogP contribution in [0.3, 0.4) is 0 Å². The number of amides is 2. The number of aromatic nitrogens is 1. The fraction of sp³-hybridized carbons (Fsp3) is 0.733. The summed E-state index contributed by atoms with van der Waals surface area (Å²) in [4.78, 5) is 15.8. The summed E-state index contributed by atoms with van der Waals surface area (Å²) in [6.07, 6.45) is 5.24. The first-order valence-corrected chi connectivity index (χ1v) is 7.66. The van der Waals surface area contributed by atoms with Crippen LogP contribution in [0.4, 0.5) is 10.8 Å². The summed E-state index contributed by atoms with van der Waals surface area (Å²) in [7, 11) is 0. The molecule has 21 heavy (non-hydrogen) atoms. The minimum Gasteiger partial charge on any atom is -0.428 e. The van der Waals surface area contributed by atoms with Crippen molar-refractivity contribution in [3.8, 4) is 0 Å². The molecule has 2 atom stereocenters. The molecule has 1 aliphatic rings. The van der Waals surface area contributed by atoms with Crippen molar-refractivity contribution in [3.63, 3.8) is 0 Å². The Kier molecular flexibility index (Phi) is 5.61. The summed E-state index contributed by atoms with van der Waals surface area (Å²) in [5.74, 6) is 1.32. The van der Waals surface area contributed by atoms with Crippen LogP contribution in [-0.4, -0.2) is 30.3 Å². The van der Waals surface area contributed by atoms with Crippen molar-refractivity contribution in [2.75, 3.05) is 18.5 Å². The molecule has 0 unspecified atom stereocenters. The Hall–Kier alpha value is -1.56. The molecule has 1 aromatic rings. The van der Waals surface area contributed by atoms with Gasteiger partial charge in [-0.25, -0.2) is 4.79 Å². The van der Waals surface area contributed by atoms with Crippen LogP contribution < -0.4 is 10.6 Å². The van der Waals surface area contributed by atoms with Gasteiger partial charge < -0.3 is 14.5 Å². The molecule has 1 aliphatic carbocycles. The van der Waals surface area contributed by atoms with Gasteiger partial charge in [0.05, 0.1) is 18.4 Å². The molecule has 0 bridgehead atoms. The number of nitrogens with one attached hydrogen (secondary N) is 2. The number of urea groups is 1. The first-order valence-electron chi connectivity index (χ1n) is 7.66. The van der Waals surface area contributed by atoms with Gasteiger partial charge >= 0.3 is 12.0 Å². The molecule has 2 N–H and O–H groups in total. The van der Waals surface area contributed by atoms with E-state index in [9.17, 15) is 4.79 Å². The maximum absolute atomic E-state index is 11.7. The number of carbonyl (C=O) groups is 1. The largest absolute Gasteiger partial charge is 0.428 e. The standard InChI is InChI=1S/C15H25N3O3/c1-10-6-4-5-7-13(10)20-9-8-16-14(19)18-15-17-11(2)12(3)21-15/h10,13H,4-9H2,1-3H3,(H2,16,17,18,19)/t10-,13-/m1/s1. The Labute approximate surface area is 125 Å². The van der Waals surface area contributed by atoms with E-state index in [1.54, 1.807) is 0 Å². The molecular weight excluding hydrogens is 270 g/mol. The number of oxazole rings is 1. The van der Waals surface area contributed by atoms with E-state index in [0.29, 0.717) is 30.9 Å². The average Bonchev–Trinajstić information content (AvgIpc) is 2.75. The molecule has 0 aliphatic heterocycles. The molecule has 0 radical (unpaired) electrons. The molecule has 0 saturated heterocycles. The van der Waals surface area contributed by atoms with Gasteiger partial charge in [-0.05, 0) is 32.6 Å². The van der Waals surface area contributed by atoms with E-state index in [4.69, 9.17) is 9.15 Å². The second-order valence-corrected chi connectivity index (χ2v) is 5.71. The van der Waals surface area contributed by atoms with E-state index in [1.807, 2.05) is 13.8 Å². The number of aryl methyl sites for hydroxylation is 2. The Bertz CT molecular complexity index is 453. The van der Waals surface area contributed by atoms with Crippen LogP contribution in [0.2, 0.25) is 0 Å². The number of nitrogens with zero attached hydrogens (tertiary/aromatic N) is 1. The molecule has 2 amide bonds. The maximum atomic E-state index is 11.7. The Morgan fingerprint density at radius 2 is 2.14 bits per heavy atom. The van der Waals surface area contributed by atoms with Crippen LogP contribution in [0.1, 0.15) is 44.1 Å². The van der Waals surface area contributed by atoms with Crippen LogP contribution >= 0.6 is 0 Å². The molecule has 1 heterocycles. The van der Waals surface area contributed by atoms with Crippen molar-refractivity contribution < 1.29 is 13.9 Å². The van der Waals surface area contributed by atoms with Gasteiger partial charge in [-0.15, -0.1) is 0 Å². The lowest BCUT2D eigenvalue weighted by molar-refractivity contribution is -0.00233. The lowest BCUT2D eigenvalue weighted by atomic mass is 9.88. The van der Waals surface area contributed by atoms with Crippen molar-refractivity contribution >= 4 is 12.0 Å². The Balaban J connectivity index is 1.63. The van der Waals surface area contributed by atoms with Gasteiger partial charge in [0.2, 0.25) is 0 Å². The highest BCUT2D eigenvalue weighted by molar-refractivity contribution is 5.86. The zero-order valence-electron chi connectivity index (χ0n) is 13.1. The minimum atomic E-state index is -0.323. The quantitative estimate of drug-likeness (QED) is 0.819. The summed E-state index contributed by atoms with van der Waals surface area (Å²) in [5.41, 5.74) is 0.778. The van der Waals surface area contributed by atoms with Gasteiger partial charge in [-0.1, -0.05) is 19.8 Å². The monoisotopic (exact) mass is 295 g/mol. The average molecular weight is 295 g/mol. The number of anilines is 1. The van der Waals surface area contributed by atoms with Crippen molar-refractivity contribution in [1.82, 2.24) is 10.3 Å². The highest BCUT2D eigenvalue weighted by Crippen LogP contribution is 2.25. The number of hydrogen-bond acceptors (Lipinski definition) is 4. The van der Waals surface area contributed by atoms with Gasteiger partial charge in [0.25, 0.3) is 0 Å². The van der Waals surface area contributed by atoms with Gasteiger partial charge in [0, 0.05) is 6.54 Å². The van der Waals surface area contributed by atoms with Crippen LogP contribution in [0.25, 0.3) is 0 Å². The highest BCUT2D eigenvalue weighted by atomic mass is 16.5. The number of hydrogen-bond donors (Lipinski definition) is 2. The molecule has 0 spiro atoms. The van der Waals surface area contributed by atoms with E-state index in [2.05, 4.69) is 22.5 Å². The van der Waals surface area contributed by atoms with E-state index < -0.39 is 0 Å². The topological polar surface area (TPSA) is 76.4 Å². The normalized spacial score (nSPS) is 22.0. The molecule has 118 valence electrons. The zero-order valence-corrected chi connectivity index (χ0v) is 13.1. The smallest absolute Gasteiger partial charge is 0.322 e. The lowest BCUT2D eigenvalue weighted by Gasteiger charge is -2.28. The first kappa shape index (κ1) is 15.8. The Morgan fingerprint density at radius 3 is 2.81 bits per heavy atom. The number of rotatable bonds is 5. The third kappa shape index (κ3) is 4.74. The maximum Gasteiger partial charge on any atom is 0.322 e. The lowest BCUT2D eigenvalue weighted by Crippen LogP contribution is -2.34. The fourth-order valence-corrected chi connectivity index (χ4v) is 2.57. The molecular formula is C15H25N3O3. The first-order chi connectivity index (χ1) is 10.1. The minimum absolute atomic E-state index is 0.226. The molecule has 1 fully saturated rings. The second-order valence-electron chi connectivity index (χ2n) is 5.71. The van der Waals surface area contributed by atoms with Gasteiger partial charge in [0.15, 0.2) is 0 Å². The van der Waals surface area contributed by atoms with Gasteiger partial charge in [-0.3, -0.25) is 5.32 Å². The molecule has 0 aromatic carbocycles. The van der Waals surface area contributed by atoms with Crippen molar-refractivity contribution in [1.29, 1.82) is 0 Å². The van der Waals surface area contributed by atoms with Crippen LogP contribution in [0, 0.1) is 19.8 Å². The van der Waals surface area contributed by atoms with E-state index in [1.165, 1.54) is 19.3 Å². The number of carbonyl (C=O) groups excluding carboxylic acids is 1. The molecule has 1 saturated carbocycles. The summed E-state index contributed by atoms with van der Waals surface area (Å²) in [6, 6.07) is -0.0964. The van der Waals surface area contributed by atoms with Crippen LogP contribution in [-0.2, 0) is 4.74 Å². The fourth-order valence-electron chi connectivity index (χ4n) is 2.57. The predicted octanol–water partition coefficient (Wildman–Crippen LogP) is 3.01. The van der Waals surface area contributed by atoms with E-state index in [-0.39, 0.29) is 12.0 Å². The van der Waals surface area contributed by atoms with Crippen molar-refractivity contribution in [2.24, 2.45) is 5.92 Å². The van der Waals surface area contributed by atoms with Crippen molar-refractivity contribution in [2.45, 2.75) is 52.6 Å². The molecule has 6 heteroatoms. The third-order valence-electron chi connectivity index (χ3n) is 4.00. The molecule has 1 aromatic heterocycles. The molecule has 2 rings (SSSR count). The summed E-state index contributed by atoms with van der Waals surface area (Å²) in [6.45, 7) is 6.89. The number of ether oxygens (including phenoxy) is 1. The summed E-state index contributed by atoms with van der Waals surface area (Å²) < 4.78 is 11.1. The highest BCUT2D eigenvalue weighted by Gasteiger charge is 2.21.